The van der Waals surface area contributed by atoms with Crippen LogP contribution in [0.5, 0.6) is 0 Å². The van der Waals surface area contributed by atoms with Gasteiger partial charge in [0.15, 0.2) is 0 Å². The van der Waals surface area contributed by atoms with Gasteiger partial charge in [-0.1, -0.05) is 40.0 Å². The van der Waals surface area contributed by atoms with Crippen molar-refractivity contribution < 1.29 is 0 Å². The molecule has 1 fully saturated rings. The fourth-order valence-electron chi connectivity index (χ4n) is 2.80. The lowest BCUT2D eigenvalue weighted by molar-refractivity contribution is 0.216. The molecule has 1 heterocycles. The molecule has 0 aromatic carbocycles. The van der Waals surface area contributed by atoms with Crippen LogP contribution in [0.2, 0.25) is 0 Å². The molecule has 0 spiro atoms. The third-order valence-corrected chi connectivity index (χ3v) is 4.32. The second-order valence-corrected chi connectivity index (χ2v) is 5.51. The molecule has 1 N–H and O–H groups in total. The highest BCUT2D eigenvalue weighted by atomic mass is 15.1. The van der Waals surface area contributed by atoms with Crippen molar-refractivity contribution >= 4 is 0 Å². The van der Waals surface area contributed by atoms with Gasteiger partial charge in [-0.15, -0.1) is 0 Å². The van der Waals surface area contributed by atoms with Crippen LogP contribution in [-0.2, 0) is 0 Å². The van der Waals surface area contributed by atoms with Crippen molar-refractivity contribution in [2.45, 2.75) is 65.3 Å². The van der Waals surface area contributed by atoms with Gasteiger partial charge >= 0.3 is 0 Å². The third-order valence-electron chi connectivity index (χ3n) is 4.32. The minimum Gasteiger partial charge on any atom is -0.314 e. The van der Waals surface area contributed by atoms with E-state index in [2.05, 4.69) is 31.0 Å². The van der Waals surface area contributed by atoms with Crippen LogP contribution in [0.25, 0.3) is 0 Å². The van der Waals surface area contributed by atoms with Crippen LogP contribution in [0.3, 0.4) is 0 Å². The Morgan fingerprint density at radius 1 is 1.18 bits per heavy atom. The van der Waals surface area contributed by atoms with E-state index in [0.29, 0.717) is 0 Å². The average molecular weight is 240 g/mol. The monoisotopic (exact) mass is 240 g/mol. The number of rotatable bonds is 8. The van der Waals surface area contributed by atoms with E-state index in [-0.39, 0.29) is 0 Å². The summed E-state index contributed by atoms with van der Waals surface area (Å²) < 4.78 is 0. The van der Waals surface area contributed by atoms with Crippen LogP contribution in [0.1, 0.15) is 59.3 Å². The van der Waals surface area contributed by atoms with Crippen molar-refractivity contribution in [2.24, 2.45) is 5.92 Å². The Morgan fingerprint density at radius 3 is 2.47 bits per heavy atom. The Bertz CT molecular complexity index is 172. The molecule has 0 aromatic heterocycles. The summed E-state index contributed by atoms with van der Waals surface area (Å²) in [5.41, 5.74) is 0. The van der Waals surface area contributed by atoms with Gasteiger partial charge in [0.05, 0.1) is 0 Å². The number of piperidine rings is 1. The molecule has 1 atom stereocenters. The first-order chi connectivity index (χ1) is 8.30. The molecule has 0 saturated carbocycles. The normalized spacial score (nSPS) is 21.4. The molecule has 1 rings (SSSR count). The second kappa shape index (κ2) is 8.93. The van der Waals surface area contributed by atoms with Gasteiger partial charge in [0.1, 0.15) is 0 Å². The third kappa shape index (κ3) is 5.87. The maximum atomic E-state index is 3.65. The van der Waals surface area contributed by atoms with E-state index < -0.39 is 0 Å². The van der Waals surface area contributed by atoms with Crippen LogP contribution in [0, 0.1) is 5.92 Å². The first kappa shape index (κ1) is 15.0. The zero-order valence-electron chi connectivity index (χ0n) is 12.2. The Balaban J connectivity index is 2.20. The molecular weight excluding hydrogens is 208 g/mol. The smallest absolute Gasteiger partial charge is 0.00792 e. The van der Waals surface area contributed by atoms with Crippen molar-refractivity contribution in [3.8, 4) is 0 Å². The van der Waals surface area contributed by atoms with E-state index in [9.17, 15) is 0 Å². The number of nitrogens with zero attached hydrogens (tertiary/aromatic N) is 1. The molecule has 1 unspecified atom stereocenters. The zero-order chi connectivity index (χ0) is 12.5. The highest BCUT2D eigenvalue weighted by molar-refractivity contribution is 4.74. The summed E-state index contributed by atoms with van der Waals surface area (Å²) in [5.74, 6) is 0.897. The molecule has 2 nitrogen and oxygen atoms in total. The number of hydrogen-bond donors (Lipinski definition) is 1. The standard InChI is InChI=1S/C15H32N2/c1-4-14(5-2)13-17(6-3)12-10-15-9-7-8-11-16-15/h14-16H,4-13H2,1-3H3. The first-order valence-corrected chi connectivity index (χ1v) is 7.75. The van der Waals surface area contributed by atoms with Gasteiger partial charge in [-0.3, -0.25) is 0 Å². The van der Waals surface area contributed by atoms with Gasteiger partial charge < -0.3 is 10.2 Å². The molecular formula is C15H32N2. The molecule has 1 aliphatic heterocycles. The molecule has 0 aliphatic carbocycles. The fourth-order valence-corrected chi connectivity index (χ4v) is 2.80. The van der Waals surface area contributed by atoms with Gasteiger partial charge in [0, 0.05) is 12.6 Å². The Hall–Kier alpha value is -0.0800. The Morgan fingerprint density at radius 2 is 1.94 bits per heavy atom. The summed E-state index contributed by atoms with van der Waals surface area (Å²) in [4.78, 5) is 2.65. The van der Waals surface area contributed by atoms with Crippen LogP contribution in [0.15, 0.2) is 0 Å². The predicted molar refractivity (Wildman–Crippen MR) is 76.4 cm³/mol. The van der Waals surface area contributed by atoms with Crippen LogP contribution < -0.4 is 5.32 Å². The minimum atomic E-state index is 0.791. The molecule has 2 heteroatoms. The highest BCUT2D eigenvalue weighted by Crippen LogP contribution is 2.13. The maximum Gasteiger partial charge on any atom is 0.00792 e. The molecule has 0 bridgehead atoms. The molecule has 0 aromatic rings. The SMILES string of the molecule is CCC(CC)CN(CC)CCC1CCCCN1. The topological polar surface area (TPSA) is 15.3 Å². The summed E-state index contributed by atoms with van der Waals surface area (Å²) >= 11 is 0. The van der Waals surface area contributed by atoms with Crippen molar-refractivity contribution in [3.63, 3.8) is 0 Å². The van der Waals surface area contributed by atoms with Crippen LogP contribution >= 0.6 is 0 Å². The largest absolute Gasteiger partial charge is 0.314 e. The first-order valence-electron chi connectivity index (χ1n) is 7.75. The molecule has 0 amide bonds. The van der Waals surface area contributed by atoms with E-state index in [0.717, 1.165) is 12.0 Å². The van der Waals surface area contributed by atoms with Crippen molar-refractivity contribution in [1.82, 2.24) is 10.2 Å². The lowest BCUT2D eigenvalue weighted by atomic mass is 10.0. The van der Waals surface area contributed by atoms with E-state index in [1.165, 1.54) is 64.7 Å². The molecule has 1 aliphatic rings. The van der Waals surface area contributed by atoms with Crippen LogP contribution in [0.4, 0.5) is 0 Å². The summed E-state index contributed by atoms with van der Waals surface area (Å²) in [6.45, 7) is 12.0. The Kier molecular flexibility index (Phi) is 7.87. The van der Waals surface area contributed by atoms with E-state index in [4.69, 9.17) is 0 Å². The molecule has 17 heavy (non-hydrogen) atoms. The van der Waals surface area contributed by atoms with Gasteiger partial charge in [0.25, 0.3) is 0 Å². The number of nitrogens with one attached hydrogen (secondary N) is 1. The van der Waals surface area contributed by atoms with Gasteiger partial charge in [0.2, 0.25) is 0 Å². The maximum absolute atomic E-state index is 3.65. The van der Waals surface area contributed by atoms with Crippen LogP contribution in [-0.4, -0.2) is 37.1 Å². The van der Waals surface area contributed by atoms with E-state index in [1.54, 1.807) is 0 Å². The summed E-state index contributed by atoms with van der Waals surface area (Å²) in [6.07, 6.45) is 8.19. The summed E-state index contributed by atoms with van der Waals surface area (Å²) in [5, 5.41) is 3.65. The molecule has 102 valence electrons. The van der Waals surface area contributed by atoms with Crippen molar-refractivity contribution in [3.05, 3.63) is 0 Å². The average Bonchev–Trinajstić information content (AvgIpc) is 2.40. The summed E-state index contributed by atoms with van der Waals surface area (Å²) in [6, 6.07) is 0.791. The zero-order valence-corrected chi connectivity index (χ0v) is 12.2. The minimum absolute atomic E-state index is 0.791. The van der Waals surface area contributed by atoms with Gasteiger partial charge in [-0.05, 0) is 44.8 Å². The molecule has 0 radical (unpaired) electrons. The molecule has 1 saturated heterocycles. The predicted octanol–water partition coefficient (Wildman–Crippen LogP) is 3.28. The second-order valence-electron chi connectivity index (χ2n) is 5.51. The van der Waals surface area contributed by atoms with E-state index >= 15 is 0 Å². The van der Waals surface area contributed by atoms with Gasteiger partial charge in [-0.2, -0.15) is 0 Å². The fraction of sp³-hybridized carbons (Fsp3) is 1.00. The lowest BCUT2D eigenvalue weighted by Crippen LogP contribution is -2.38. The van der Waals surface area contributed by atoms with Crippen molar-refractivity contribution in [2.75, 3.05) is 26.2 Å². The van der Waals surface area contributed by atoms with E-state index in [1.807, 2.05) is 0 Å². The van der Waals surface area contributed by atoms with Crippen molar-refractivity contribution in [1.29, 1.82) is 0 Å². The highest BCUT2D eigenvalue weighted by Gasteiger charge is 2.15. The number of hydrogen-bond acceptors (Lipinski definition) is 2. The quantitative estimate of drug-likeness (QED) is 0.700. The Labute approximate surface area is 108 Å². The summed E-state index contributed by atoms with van der Waals surface area (Å²) in [7, 11) is 0. The lowest BCUT2D eigenvalue weighted by Gasteiger charge is -2.29. The van der Waals surface area contributed by atoms with Gasteiger partial charge in [-0.25, -0.2) is 0 Å².